The Kier molecular flexibility index (Phi) is 3.82. The van der Waals surface area contributed by atoms with Crippen LogP contribution in [0.3, 0.4) is 0 Å². The number of amides is 1. The average molecular weight is 322 g/mol. The first-order chi connectivity index (χ1) is 10.5. The van der Waals surface area contributed by atoms with E-state index in [2.05, 4.69) is 10.3 Å². The first kappa shape index (κ1) is 14.9. The van der Waals surface area contributed by atoms with E-state index >= 15 is 0 Å². The lowest BCUT2D eigenvalue weighted by Gasteiger charge is -2.08. The van der Waals surface area contributed by atoms with E-state index in [4.69, 9.17) is 4.74 Å². The van der Waals surface area contributed by atoms with Gasteiger partial charge in [0.15, 0.2) is 9.84 Å². The summed E-state index contributed by atoms with van der Waals surface area (Å²) in [6.07, 6.45) is 0.618. The molecule has 2 N–H and O–H groups in total. The van der Waals surface area contributed by atoms with E-state index in [-0.39, 0.29) is 23.3 Å². The molecule has 0 spiro atoms. The molecule has 1 aliphatic heterocycles. The minimum atomic E-state index is -2.91. The number of hydrogen-bond donors (Lipinski definition) is 2. The van der Waals surface area contributed by atoms with Crippen molar-refractivity contribution in [1.82, 2.24) is 10.3 Å². The summed E-state index contributed by atoms with van der Waals surface area (Å²) >= 11 is 0. The fourth-order valence-electron chi connectivity index (χ4n) is 2.72. The molecule has 2 heterocycles. The highest BCUT2D eigenvalue weighted by atomic mass is 32.2. The molecule has 118 valence electrons. The van der Waals surface area contributed by atoms with Crippen LogP contribution in [0.25, 0.3) is 10.9 Å². The van der Waals surface area contributed by atoms with Gasteiger partial charge in [-0.25, -0.2) is 8.42 Å². The normalized spacial score (nSPS) is 20.1. The summed E-state index contributed by atoms with van der Waals surface area (Å²) in [6, 6.07) is 7.32. The van der Waals surface area contributed by atoms with Crippen LogP contribution in [0.5, 0.6) is 5.75 Å². The number of fused-ring (bicyclic) bond motifs is 1. The van der Waals surface area contributed by atoms with Gasteiger partial charge >= 0.3 is 0 Å². The van der Waals surface area contributed by atoms with Crippen LogP contribution in [0.15, 0.2) is 24.3 Å². The van der Waals surface area contributed by atoms with Crippen molar-refractivity contribution in [2.75, 3.05) is 25.2 Å². The zero-order chi connectivity index (χ0) is 15.7. The molecular weight excluding hydrogens is 304 g/mol. The first-order valence-corrected chi connectivity index (χ1v) is 8.94. The van der Waals surface area contributed by atoms with Crippen molar-refractivity contribution in [2.24, 2.45) is 5.92 Å². The lowest BCUT2D eigenvalue weighted by atomic mass is 10.1. The van der Waals surface area contributed by atoms with E-state index in [0.717, 1.165) is 16.7 Å². The number of ether oxygens (including phenoxy) is 1. The molecule has 1 atom stereocenters. The molecule has 1 amide bonds. The monoisotopic (exact) mass is 322 g/mol. The highest BCUT2D eigenvalue weighted by Gasteiger charge is 2.28. The number of benzene rings is 1. The molecule has 0 aliphatic carbocycles. The Labute approximate surface area is 128 Å². The van der Waals surface area contributed by atoms with Gasteiger partial charge in [-0.05, 0) is 30.5 Å². The quantitative estimate of drug-likeness (QED) is 0.889. The van der Waals surface area contributed by atoms with Crippen LogP contribution in [0.4, 0.5) is 0 Å². The van der Waals surface area contributed by atoms with Gasteiger partial charge in [0.2, 0.25) is 0 Å². The Morgan fingerprint density at radius 1 is 1.41 bits per heavy atom. The van der Waals surface area contributed by atoms with Crippen molar-refractivity contribution in [3.63, 3.8) is 0 Å². The topological polar surface area (TPSA) is 88.3 Å². The fourth-order valence-corrected chi connectivity index (χ4v) is 4.58. The third-order valence-corrected chi connectivity index (χ3v) is 5.79. The standard InChI is InChI=1S/C15H18N2O4S/c1-21-12-3-2-11-6-14(17-13(11)7-12)15(18)16-8-10-4-5-22(19,20)9-10/h2-3,6-7,10,17H,4-5,8-9H2,1H3,(H,16,18). The Bertz CT molecular complexity index is 810. The van der Waals surface area contributed by atoms with Crippen molar-refractivity contribution in [3.05, 3.63) is 30.0 Å². The minimum Gasteiger partial charge on any atom is -0.497 e. The second kappa shape index (κ2) is 5.64. The fraction of sp³-hybridized carbons (Fsp3) is 0.400. The van der Waals surface area contributed by atoms with Gasteiger partial charge in [0.25, 0.3) is 5.91 Å². The maximum atomic E-state index is 12.2. The highest BCUT2D eigenvalue weighted by Crippen LogP contribution is 2.21. The Balaban J connectivity index is 1.67. The summed E-state index contributed by atoms with van der Waals surface area (Å²) in [5.74, 6) is 0.895. The van der Waals surface area contributed by atoms with Crippen LogP contribution in [0.2, 0.25) is 0 Å². The zero-order valence-electron chi connectivity index (χ0n) is 12.3. The SMILES string of the molecule is COc1ccc2cc(C(=O)NCC3CCS(=O)(=O)C3)[nH]c2c1. The van der Waals surface area contributed by atoms with Crippen LogP contribution in [0.1, 0.15) is 16.9 Å². The van der Waals surface area contributed by atoms with Gasteiger partial charge < -0.3 is 15.0 Å². The van der Waals surface area contributed by atoms with Gasteiger partial charge in [-0.1, -0.05) is 0 Å². The molecule has 0 saturated carbocycles. The number of sulfone groups is 1. The molecule has 0 radical (unpaired) electrons. The lowest BCUT2D eigenvalue weighted by molar-refractivity contribution is 0.0944. The zero-order valence-corrected chi connectivity index (χ0v) is 13.1. The van der Waals surface area contributed by atoms with E-state index in [1.54, 1.807) is 13.2 Å². The average Bonchev–Trinajstić information content (AvgIpc) is 3.06. The molecule has 22 heavy (non-hydrogen) atoms. The molecule has 1 aromatic carbocycles. The van der Waals surface area contributed by atoms with Crippen LogP contribution in [-0.2, 0) is 9.84 Å². The van der Waals surface area contributed by atoms with Gasteiger partial charge in [0.1, 0.15) is 11.4 Å². The van der Waals surface area contributed by atoms with E-state index in [1.807, 2.05) is 18.2 Å². The van der Waals surface area contributed by atoms with Crippen LogP contribution < -0.4 is 10.1 Å². The van der Waals surface area contributed by atoms with E-state index in [9.17, 15) is 13.2 Å². The molecule has 1 unspecified atom stereocenters. The van der Waals surface area contributed by atoms with Crippen LogP contribution in [0, 0.1) is 5.92 Å². The number of H-pyrrole nitrogens is 1. The number of rotatable bonds is 4. The molecule has 1 fully saturated rings. The molecule has 7 heteroatoms. The van der Waals surface area contributed by atoms with Gasteiger partial charge in [-0.15, -0.1) is 0 Å². The van der Waals surface area contributed by atoms with E-state index in [1.165, 1.54) is 0 Å². The highest BCUT2D eigenvalue weighted by molar-refractivity contribution is 7.91. The molecule has 1 aliphatic rings. The Morgan fingerprint density at radius 2 is 2.23 bits per heavy atom. The third-order valence-electron chi connectivity index (χ3n) is 3.95. The summed E-state index contributed by atoms with van der Waals surface area (Å²) in [7, 11) is -1.32. The summed E-state index contributed by atoms with van der Waals surface area (Å²) in [6.45, 7) is 0.386. The van der Waals surface area contributed by atoms with Crippen LogP contribution in [-0.4, -0.2) is 44.5 Å². The Hall–Kier alpha value is -2.02. The summed E-state index contributed by atoms with van der Waals surface area (Å²) < 4.78 is 28.0. The number of methoxy groups -OCH3 is 1. The molecule has 3 rings (SSSR count). The van der Waals surface area contributed by atoms with Gasteiger partial charge in [0.05, 0.1) is 18.6 Å². The van der Waals surface area contributed by atoms with Crippen molar-refractivity contribution < 1.29 is 17.9 Å². The van der Waals surface area contributed by atoms with Gasteiger partial charge in [-0.3, -0.25) is 4.79 Å². The van der Waals surface area contributed by atoms with Crippen molar-refractivity contribution in [3.8, 4) is 5.75 Å². The molecule has 6 nitrogen and oxygen atoms in total. The summed E-state index contributed by atoms with van der Waals surface area (Å²) in [5.41, 5.74) is 1.29. The molecule has 1 aromatic heterocycles. The molecule has 0 bridgehead atoms. The van der Waals surface area contributed by atoms with Gasteiger partial charge in [0, 0.05) is 23.5 Å². The van der Waals surface area contributed by atoms with Crippen molar-refractivity contribution in [2.45, 2.75) is 6.42 Å². The van der Waals surface area contributed by atoms with Crippen molar-refractivity contribution >= 4 is 26.6 Å². The second-order valence-corrected chi connectivity index (χ2v) is 7.84. The second-order valence-electron chi connectivity index (χ2n) is 5.62. The summed E-state index contributed by atoms with van der Waals surface area (Å²) in [4.78, 5) is 15.2. The van der Waals surface area contributed by atoms with Gasteiger partial charge in [-0.2, -0.15) is 0 Å². The number of carbonyl (C=O) groups excluding carboxylic acids is 1. The number of aromatic nitrogens is 1. The number of nitrogens with one attached hydrogen (secondary N) is 2. The lowest BCUT2D eigenvalue weighted by Crippen LogP contribution is -2.30. The minimum absolute atomic E-state index is 0.0124. The van der Waals surface area contributed by atoms with Crippen LogP contribution >= 0.6 is 0 Å². The largest absolute Gasteiger partial charge is 0.497 e. The van der Waals surface area contributed by atoms with E-state index < -0.39 is 9.84 Å². The maximum absolute atomic E-state index is 12.2. The molecule has 2 aromatic rings. The smallest absolute Gasteiger partial charge is 0.267 e. The van der Waals surface area contributed by atoms with Crippen molar-refractivity contribution in [1.29, 1.82) is 0 Å². The predicted octanol–water partition coefficient (Wildman–Crippen LogP) is 1.34. The maximum Gasteiger partial charge on any atom is 0.267 e. The summed E-state index contributed by atoms with van der Waals surface area (Å²) in [5, 5.41) is 3.73. The predicted molar refractivity (Wildman–Crippen MR) is 83.9 cm³/mol. The number of aromatic amines is 1. The van der Waals surface area contributed by atoms with E-state index in [0.29, 0.717) is 18.7 Å². The number of hydrogen-bond acceptors (Lipinski definition) is 4. The Morgan fingerprint density at radius 3 is 2.91 bits per heavy atom. The first-order valence-electron chi connectivity index (χ1n) is 7.12. The molecule has 1 saturated heterocycles. The molecular formula is C15H18N2O4S. The third kappa shape index (κ3) is 3.09. The number of carbonyl (C=O) groups is 1.